The van der Waals surface area contributed by atoms with Gasteiger partial charge in [0.25, 0.3) is 5.91 Å². The van der Waals surface area contributed by atoms with Crippen LogP contribution in [0, 0.1) is 0 Å². The molecule has 1 spiro atoms. The number of carbonyl (C=O) groups is 1. The minimum absolute atomic E-state index is 0.0582. The minimum atomic E-state index is -4.47. The van der Waals surface area contributed by atoms with Gasteiger partial charge in [-0.1, -0.05) is 5.16 Å². The number of carbonyl (C=O) groups excluding carboxylic acids is 1. The van der Waals surface area contributed by atoms with Crippen molar-refractivity contribution in [2.75, 3.05) is 24.6 Å². The molecular formula is C17H22F3N5O4S. The number of rotatable bonds is 4. The Morgan fingerprint density at radius 2 is 2.23 bits per heavy atom. The minimum Gasteiger partial charge on any atom is -0.387 e. The molecule has 2 atom stereocenters. The zero-order chi connectivity index (χ0) is 21.6. The Bertz CT molecular complexity index is 961. The summed E-state index contributed by atoms with van der Waals surface area (Å²) in [5.41, 5.74) is -1.40. The number of likely N-dealkylation sites (tertiary alicyclic amines) is 1. The highest BCUT2D eigenvalue weighted by molar-refractivity contribution is 7.91. The van der Waals surface area contributed by atoms with Crippen molar-refractivity contribution in [3.63, 3.8) is 0 Å². The molecule has 2 N–H and O–H groups in total. The van der Waals surface area contributed by atoms with E-state index in [2.05, 4.69) is 20.4 Å². The lowest BCUT2D eigenvalue weighted by molar-refractivity contribution is -0.141. The first kappa shape index (κ1) is 21.1. The maximum Gasteiger partial charge on any atom is 0.432 e. The predicted octanol–water partition coefficient (Wildman–Crippen LogP) is 0.843. The SMILES string of the molecule is O=C(N[C@H]1CCS(=O)(=O)C1)C1=NO[C@]2(CCCN(Cc3ncc(C(F)(F)F)[nH]3)C2)C1. The molecule has 0 aliphatic carbocycles. The average Bonchev–Trinajstić information content (AvgIpc) is 3.34. The van der Waals surface area contributed by atoms with E-state index in [4.69, 9.17) is 4.84 Å². The van der Waals surface area contributed by atoms with Crippen LogP contribution in [0.25, 0.3) is 0 Å². The van der Waals surface area contributed by atoms with Crippen LogP contribution in [-0.4, -0.2) is 71.1 Å². The lowest BCUT2D eigenvalue weighted by Gasteiger charge is -2.37. The number of aromatic amines is 1. The topological polar surface area (TPSA) is 117 Å². The van der Waals surface area contributed by atoms with Gasteiger partial charge in [-0.25, -0.2) is 13.4 Å². The summed E-state index contributed by atoms with van der Waals surface area (Å²) in [7, 11) is -3.11. The third kappa shape index (κ3) is 4.61. The van der Waals surface area contributed by atoms with Gasteiger partial charge in [0.1, 0.15) is 17.2 Å². The fourth-order valence-corrected chi connectivity index (χ4v) is 5.84. The van der Waals surface area contributed by atoms with Gasteiger partial charge in [-0.15, -0.1) is 0 Å². The van der Waals surface area contributed by atoms with Gasteiger partial charge in [0, 0.05) is 19.0 Å². The second kappa shape index (κ2) is 7.52. The molecule has 2 fully saturated rings. The normalized spacial score (nSPS) is 29.0. The maximum atomic E-state index is 12.7. The third-order valence-electron chi connectivity index (χ3n) is 5.59. The van der Waals surface area contributed by atoms with Crippen molar-refractivity contribution in [3.8, 4) is 0 Å². The number of hydrogen-bond donors (Lipinski definition) is 2. The summed E-state index contributed by atoms with van der Waals surface area (Å²) in [5, 5.41) is 6.63. The molecule has 2 saturated heterocycles. The molecule has 1 aromatic rings. The van der Waals surface area contributed by atoms with Crippen molar-refractivity contribution < 1.29 is 31.2 Å². The molecule has 30 heavy (non-hydrogen) atoms. The number of piperidine rings is 1. The molecular weight excluding hydrogens is 427 g/mol. The fourth-order valence-electron chi connectivity index (χ4n) is 4.16. The van der Waals surface area contributed by atoms with Gasteiger partial charge in [0.2, 0.25) is 0 Å². The number of amides is 1. The van der Waals surface area contributed by atoms with Crippen molar-refractivity contribution in [2.45, 2.75) is 50.0 Å². The molecule has 9 nitrogen and oxygen atoms in total. The Balaban J connectivity index is 1.33. The number of alkyl halides is 3. The van der Waals surface area contributed by atoms with Crippen LogP contribution in [0.4, 0.5) is 13.2 Å². The molecule has 3 aliphatic heterocycles. The van der Waals surface area contributed by atoms with Gasteiger partial charge in [0.15, 0.2) is 15.4 Å². The molecule has 166 valence electrons. The lowest BCUT2D eigenvalue weighted by atomic mass is 9.88. The van der Waals surface area contributed by atoms with Crippen molar-refractivity contribution >= 4 is 21.5 Å². The van der Waals surface area contributed by atoms with E-state index in [-0.39, 0.29) is 36.0 Å². The highest BCUT2D eigenvalue weighted by Crippen LogP contribution is 2.34. The summed E-state index contributed by atoms with van der Waals surface area (Å²) in [6.07, 6.45) is -1.66. The van der Waals surface area contributed by atoms with Crippen molar-refractivity contribution in [2.24, 2.45) is 5.16 Å². The number of oxime groups is 1. The van der Waals surface area contributed by atoms with Crippen molar-refractivity contribution in [3.05, 3.63) is 17.7 Å². The van der Waals surface area contributed by atoms with Gasteiger partial charge >= 0.3 is 6.18 Å². The number of imidazole rings is 1. The zero-order valence-electron chi connectivity index (χ0n) is 16.0. The van der Waals surface area contributed by atoms with Crippen LogP contribution in [0.15, 0.2) is 11.4 Å². The summed E-state index contributed by atoms with van der Waals surface area (Å²) in [6, 6.07) is -0.425. The number of nitrogens with zero attached hydrogens (tertiary/aromatic N) is 3. The summed E-state index contributed by atoms with van der Waals surface area (Å²) in [5.74, 6) is -0.247. The molecule has 1 amide bonds. The van der Waals surface area contributed by atoms with Gasteiger partial charge in [-0.05, 0) is 25.8 Å². The number of halogens is 3. The van der Waals surface area contributed by atoms with E-state index in [9.17, 15) is 26.4 Å². The van der Waals surface area contributed by atoms with Crippen LogP contribution in [-0.2, 0) is 32.2 Å². The second-order valence-electron chi connectivity index (χ2n) is 8.12. The lowest BCUT2D eigenvalue weighted by Crippen LogP contribution is -2.49. The molecule has 0 unspecified atom stereocenters. The molecule has 13 heteroatoms. The Labute approximate surface area is 171 Å². The van der Waals surface area contributed by atoms with Crippen LogP contribution in [0.3, 0.4) is 0 Å². The van der Waals surface area contributed by atoms with Crippen molar-refractivity contribution in [1.82, 2.24) is 20.2 Å². The summed E-state index contributed by atoms with van der Waals surface area (Å²) < 4.78 is 61.3. The van der Waals surface area contributed by atoms with Crippen LogP contribution in [0.2, 0.25) is 0 Å². The fraction of sp³-hybridized carbons (Fsp3) is 0.706. The summed E-state index contributed by atoms with van der Waals surface area (Å²) in [4.78, 5) is 26.1. The first-order valence-corrected chi connectivity index (χ1v) is 11.5. The molecule has 4 heterocycles. The highest BCUT2D eigenvalue weighted by atomic mass is 32.2. The monoisotopic (exact) mass is 449 g/mol. The number of nitrogens with one attached hydrogen (secondary N) is 2. The molecule has 4 rings (SSSR count). The summed E-state index contributed by atoms with van der Waals surface area (Å²) >= 11 is 0. The van der Waals surface area contributed by atoms with E-state index in [0.29, 0.717) is 25.9 Å². The number of H-pyrrole nitrogens is 1. The van der Waals surface area contributed by atoms with Gasteiger partial charge < -0.3 is 15.1 Å². The largest absolute Gasteiger partial charge is 0.432 e. The maximum absolute atomic E-state index is 12.7. The quantitative estimate of drug-likeness (QED) is 0.704. The Hall–Kier alpha value is -2.15. The Morgan fingerprint density at radius 1 is 1.43 bits per heavy atom. The van der Waals surface area contributed by atoms with E-state index >= 15 is 0 Å². The average molecular weight is 449 g/mol. The van der Waals surface area contributed by atoms with Crippen LogP contribution in [0.1, 0.15) is 37.2 Å². The Kier molecular flexibility index (Phi) is 5.29. The number of hydrogen-bond acceptors (Lipinski definition) is 7. The van der Waals surface area contributed by atoms with E-state index < -0.39 is 39.3 Å². The first-order chi connectivity index (χ1) is 14.0. The molecule has 0 aromatic carbocycles. The second-order valence-corrected chi connectivity index (χ2v) is 10.3. The van der Waals surface area contributed by atoms with E-state index in [1.807, 2.05) is 4.90 Å². The molecule has 1 aromatic heterocycles. The first-order valence-electron chi connectivity index (χ1n) is 9.63. The standard InChI is InChI=1S/C17H22F3N5O4S/c18-17(19,20)13-7-21-14(23-13)8-25-4-1-3-16(10-25)6-12(24-29-16)15(26)22-11-2-5-30(27,28)9-11/h7,11H,1-6,8-10H2,(H,21,23)(H,22,26)/t11-,16+/m0/s1. The molecule has 0 radical (unpaired) electrons. The van der Waals surface area contributed by atoms with Gasteiger partial charge in [-0.2, -0.15) is 13.2 Å². The predicted molar refractivity (Wildman–Crippen MR) is 99.2 cm³/mol. The van der Waals surface area contributed by atoms with Crippen molar-refractivity contribution in [1.29, 1.82) is 0 Å². The van der Waals surface area contributed by atoms with E-state index in [1.54, 1.807) is 0 Å². The molecule has 3 aliphatic rings. The number of aromatic nitrogens is 2. The van der Waals surface area contributed by atoms with Gasteiger partial charge in [-0.3, -0.25) is 9.69 Å². The Morgan fingerprint density at radius 3 is 2.90 bits per heavy atom. The zero-order valence-corrected chi connectivity index (χ0v) is 16.9. The summed E-state index contributed by atoms with van der Waals surface area (Å²) in [6.45, 7) is 1.25. The molecule has 0 bridgehead atoms. The number of sulfone groups is 1. The highest BCUT2D eigenvalue weighted by Gasteiger charge is 2.45. The third-order valence-corrected chi connectivity index (χ3v) is 7.36. The van der Waals surface area contributed by atoms with Crippen LogP contribution in [0.5, 0.6) is 0 Å². The van der Waals surface area contributed by atoms with E-state index in [0.717, 1.165) is 12.6 Å². The van der Waals surface area contributed by atoms with Crippen LogP contribution >= 0.6 is 0 Å². The van der Waals surface area contributed by atoms with Gasteiger partial charge in [0.05, 0.1) is 24.2 Å². The molecule has 0 saturated carbocycles. The smallest absolute Gasteiger partial charge is 0.387 e. The van der Waals surface area contributed by atoms with E-state index in [1.165, 1.54) is 0 Å². The van der Waals surface area contributed by atoms with Crippen LogP contribution < -0.4 is 5.32 Å².